The Kier molecular flexibility index (Phi) is 4.53. The van der Waals surface area contributed by atoms with E-state index in [0.29, 0.717) is 11.8 Å². The van der Waals surface area contributed by atoms with Crippen molar-refractivity contribution in [1.29, 1.82) is 0 Å². The Labute approximate surface area is 215 Å². The van der Waals surface area contributed by atoms with Crippen molar-refractivity contribution in [3.05, 3.63) is 130 Å². The van der Waals surface area contributed by atoms with Gasteiger partial charge in [-0.3, -0.25) is 0 Å². The first kappa shape index (κ1) is 20.8. The molecule has 0 saturated carbocycles. The van der Waals surface area contributed by atoms with Gasteiger partial charge in [0.05, 0.1) is 0 Å². The van der Waals surface area contributed by atoms with Crippen LogP contribution in [-0.4, -0.2) is 24.0 Å². The largest absolute Gasteiger partial charge is 0.471 e. The van der Waals surface area contributed by atoms with Crippen LogP contribution in [0.25, 0.3) is 0 Å². The first-order chi connectivity index (χ1) is 18.3. The van der Waals surface area contributed by atoms with Gasteiger partial charge in [-0.2, -0.15) is 0 Å². The van der Waals surface area contributed by atoms with Crippen LogP contribution >= 0.6 is 0 Å². The van der Waals surface area contributed by atoms with E-state index in [1.807, 2.05) is 48.5 Å². The number of hydrogen-bond acceptors (Lipinski definition) is 5. The summed E-state index contributed by atoms with van der Waals surface area (Å²) in [4.78, 5) is 9.85. The predicted molar refractivity (Wildman–Crippen MR) is 142 cm³/mol. The highest BCUT2D eigenvalue weighted by atomic mass is 16.5. The maximum Gasteiger partial charge on any atom is 0.217 e. The Bertz CT molecular complexity index is 1490. The zero-order chi connectivity index (χ0) is 24.3. The second kappa shape index (κ2) is 8.07. The van der Waals surface area contributed by atoms with Crippen LogP contribution in [0.5, 0.6) is 11.5 Å². The summed E-state index contributed by atoms with van der Waals surface area (Å²) in [6.07, 6.45) is 1.95. The van der Waals surface area contributed by atoms with Crippen LogP contribution in [0.1, 0.15) is 45.5 Å². The van der Waals surface area contributed by atoms with Gasteiger partial charge in [0, 0.05) is 24.0 Å². The number of hydrogen-bond donors (Lipinski definition) is 0. The fourth-order valence-corrected chi connectivity index (χ4v) is 6.00. The molecule has 37 heavy (non-hydrogen) atoms. The van der Waals surface area contributed by atoms with Gasteiger partial charge < -0.3 is 14.2 Å². The molecule has 0 N–H and O–H groups in total. The van der Waals surface area contributed by atoms with Crippen LogP contribution in [-0.2, 0) is 22.3 Å². The molecule has 0 fully saturated rings. The normalized spacial score (nSPS) is 24.2. The lowest BCUT2D eigenvalue weighted by atomic mass is 10.1. The topological polar surface area (TPSA) is 52.4 Å². The molecule has 2 aliphatic heterocycles. The minimum atomic E-state index is 0.0751. The van der Waals surface area contributed by atoms with Crippen LogP contribution in [0.15, 0.2) is 107 Å². The van der Waals surface area contributed by atoms with E-state index in [1.165, 1.54) is 22.3 Å². The highest BCUT2D eigenvalue weighted by molar-refractivity contribution is 5.97. The number of ether oxygens (including phenoxy) is 3. The minimum absolute atomic E-state index is 0.0751. The highest BCUT2D eigenvalue weighted by Gasteiger charge is 2.40. The number of rotatable bonds is 4. The van der Waals surface area contributed by atoms with Gasteiger partial charge in [-0.25, -0.2) is 9.98 Å². The van der Waals surface area contributed by atoms with Crippen LogP contribution in [0.4, 0.5) is 0 Å². The lowest BCUT2D eigenvalue weighted by Crippen LogP contribution is -2.13. The van der Waals surface area contributed by atoms with Crippen molar-refractivity contribution in [3.8, 4) is 11.5 Å². The summed E-state index contributed by atoms with van der Waals surface area (Å²) in [5.41, 5.74) is 7.07. The average molecular weight is 485 g/mol. The molecule has 5 nitrogen and oxygen atoms in total. The molecular formula is C32H24N2O3. The summed E-state index contributed by atoms with van der Waals surface area (Å²) in [6, 6.07) is 33.0. The van der Waals surface area contributed by atoms with E-state index in [-0.39, 0.29) is 24.3 Å². The third-order valence-corrected chi connectivity index (χ3v) is 7.73. The van der Waals surface area contributed by atoms with E-state index in [0.717, 1.165) is 35.5 Å². The van der Waals surface area contributed by atoms with Gasteiger partial charge in [-0.15, -0.1) is 0 Å². The summed E-state index contributed by atoms with van der Waals surface area (Å²) in [5, 5.41) is 0. The van der Waals surface area contributed by atoms with Crippen LogP contribution in [0.2, 0.25) is 0 Å². The summed E-state index contributed by atoms with van der Waals surface area (Å²) < 4.78 is 18.8. The third-order valence-electron chi connectivity index (χ3n) is 7.73. The number of nitrogens with zero attached hydrogens (tertiary/aromatic N) is 2. The molecule has 4 aliphatic rings. The first-order valence-corrected chi connectivity index (χ1v) is 12.8. The average Bonchev–Trinajstić information content (AvgIpc) is 3.68. The van der Waals surface area contributed by atoms with Crippen LogP contribution < -0.4 is 4.74 Å². The Hall–Kier alpha value is -4.38. The summed E-state index contributed by atoms with van der Waals surface area (Å²) in [5.74, 6) is 2.84. The zero-order valence-electron chi connectivity index (χ0n) is 20.1. The van der Waals surface area contributed by atoms with E-state index in [2.05, 4.69) is 48.5 Å². The van der Waals surface area contributed by atoms with E-state index < -0.39 is 0 Å². The van der Waals surface area contributed by atoms with Crippen molar-refractivity contribution in [1.82, 2.24) is 0 Å². The second-order valence-corrected chi connectivity index (χ2v) is 10.0. The molecule has 8 rings (SSSR count). The standard InChI is InChI=1S/C32H24N2O3/c1-3-13-25-19(7-1)17-27-29(25)33-31(36-27)21-9-5-11-23(15-21)35-24-12-6-10-22(16-24)32-34-30-26-14-4-2-8-20(26)18-28(30)37-32/h1-16,27-30H,17-18H2/t27-,28?,29+,30+/m1/s1. The molecule has 4 aromatic rings. The second-order valence-electron chi connectivity index (χ2n) is 10.0. The van der Waals surface area contributed by atoms with Crippen molar-refractivity contribution < 1.29 is 14.2 Å². The van der Waals surface area contributed by atoms with Gasteiger partial charge in [0.2, 0.25) is 11.8 Å². The quantitative estimate of drug-likeness (QED) is 0.338. The van der Waals surface area contributed by atoms with Crippen LogP contribution in [0.3, 0.4) is 0 Å². The van der Waals surface area contributed by atoms with Crippen molar-refractivity contribution in [3.63, 3.8) is 0 Å². The van der Waals surface area contributed by atoms with E-state index in [9.17, 15) is 0 Å². The molecule has 180 valence electrons. The molecule has 0 bridgehead atoms. The zero-order valence-corrected chi connectivity index (χ0v) is 20.1. The first-order valence-electron chi connectivity index (χ1n) is 12.8. The van der Waals surface area contributed by atoms with Crippen molar-refractivity contribution >= 4 is 11.8 Å². The van der Waals surface area contributed by atoms with Crippen molar-refractivity contribution in [2.75, 3.05) is 0 Å². The van der Waals surface area contributed by atoms with E-state index in [1.54, 1.807) is 0 Å². The van der Waals surface area contributed by atoms with Gasteiger partial charge >= 0.3 is 0 Å². The lowest BCUT2D eigenvalue weighted by molar-refractivity contribution is 0.206. The molecule has 5 heteroatoms. The van der Waals surface area contributed by atoms with Gasteiger partial charge in [0.15, 0.2) is 0 Å². The molecule has 2 heterocycles. The smallest absolute Gasteiger partial charge is 0.217 e. The van der Waals surface area contributed by atoms with Gasteiger partial charge in [0.1, 0.15) is 35.8 Å². The van der Waals surface area contributed by atoms with Gasteiger partial charge in [-0.1, -0.05) is 60.7 Å². The van der Waals surface area contributed by atoms with E-state index in [4.69, 9.17) is 24.2 Å². The number of benzene rings is 4. The predicted octanol–water partition coefficient (Wildman–Crippen LogP) is 6.36. The fraction of sp³-hybridized carbons (Fsp3) is 0.188. The molecular weight excluding hydrogens is 460 g/mol. The van der Waals surface area contributed by atoms with E-state index >= 15 is 0 Å². The SMILES string of the molecule is c1cc(Oc2cccc(C3=N[C@H]4c5ccccc5C[C@H]4O3)c2)cc(C2=N[C@H]3c4ccccc4CC3O2)c1. The molecule has 0 aromatic heterocycles. The molecule has 4 atom stereocenters. The maximum absolute atomic E-state index is 6.27. The third kappa shape index (κ3) is 3.45. The Morgan fingerprint density at radius 2 is 1.05 bits per heavy atom. The Morgan fingerprint density at radius 1 is 0.568 bits per heavy atom. The molecule has 0 amide bonds. The molecule has 4 aromatic carbocycles. The Balaban J connectivity index is 1.03. The van der Waals surface area contributed by atoms with Crippen LogP contribution in [0, 0.1) is 0 Å². The van der Waals surface area contributed by atoms with Crippen molar-refractivity contribution in [2.24, 2.45) is 9.98 Å². The van der Waals surface area contributed by atoms with Gasteiger partial charge in [-0.05, 0) is 58.7 Å². The summed E-state index contributed by atoms with van der Waals surface area (Å²) in [6.45, 7) is 0. The molecule has 1 unspecified atom stereocenters. The number of fused-ring (bicyclic) bond motifs is 6. The summed E-state index contributed by atoms with van der Waals surface area (Å²) >= 11 is 0. The highest BCUT2D eigenvalue weighted by Crippen LogP contribution is 2.42. The Morgan fingerprint density at radius 3 is 1.57 bits per heavy atom. The molecule has 0 radical (unpaired) electrons. The van der Waals surface area contributed by atoms with Crippen molar-refractivity contribution in [2.45, 2.75) is 37.1 Å². The molecule has 0 saturated heterocycles. The number of aliphatic imine (C=N–C) groups is 2. The maximum atomic E-state index is 6.27. The fourth-order valence-electron chi connectivity index (χ4n) is 6.00. The summed E-state index contributed by atoms with van der Waals surface area (Å²) in [7, 11) is 0. The molecule has 2 aliphatic carbocycles. The minimum Gasteiger partial charge on any atom is -0.471 e. The monoisotopic (exact) mass is 484 g/mol. The molecule has 0 spiro atoms. The lowest BCUT2D eigenvalue weighted by Gasteiger charge is -2.12. The van der Waals surface area contributed by atoms with Gasteiger partial charge in [0.25, 0.3) is 0 Å².